The van der Waals surface area contributed by atoms with Gasteiger partial charge in [-0.3, -0.25) is 9.78 Å². The molecule has 3 aromatic rings. The summed E-state index contributed by atoms with van der Waals surface area (Å²) in [5.74, 6) is -0.977. The molecular formula is C21H20F3N3O4. The number of oxazole rings is 1. The van der Waals surface area contributed by atoms with Gasteiger partial charge in [0.15, 0.2) is 5.58 Å². The number of aromatic amines is 1. The number of H-pyrrole nitrogens is 1. The topological polar surface area (TPSA) is 98.6 Å². The van der Waals surface area contributed by atoms with Crippen molar-refractivity contribution in [2.24, 2.45) is 0 Å². The number of hydrogen-bond acceptors (Lipinski definition) is 5. The second kappa shape index (κ2) is 7.77. The predicted octanol–water partition coefficient (Wildman–Crippen LogP) is 3.50. The highest BCUT2D eigenvalue weighted by molar-refractivity contribution is 5.93. The Morgan fingerprint density at radius 2 is 1.84 bits per heavy atom. The lowest BCUT2D eigenvalue weighted by atomic mass is 9.87. The summed E-state index contributed by atoms with van der Waals surface area (Å²) in [5, 5.41) is 13.5. The molecule has 1 aromatic heterocycles. The van der Waals surface area contributed by atoms with E-state index in [1.807, 2.05) is 4.90 Å². The van der Waals surface area contributed by atoms with Gasteiger partial charge in [0.1, 0.15) is 0 Å². The van der Waals surface area contributed by atoms with Crippen LogP contribution in [0.2, 0.25) is 0 Å². The van der Waals surface area contributed by atoms with Gasteiger partial charge < -0.3 is 19.7 Å². The number of carbonyl (C=O) groups is 1. The van der Waals surface area contributed by atoms with Crippen molar-refractivity contribution in [3.8, 4) is 0 Å². The predicted molar refractivity (Wildman–Crippen MR) is 108 cm³/mol. The maximum Gasteiger partial charge on any atom is 0.417 e. The molecule has 31 heavy (non-hydrogen) atoms. The molecule has 0 atom stereocenters. The summed E-state index contributed by atoms with van der Waals surface area (Å²) in [4.78, 5) is 28.0. The first-order valence-electron chi connectivity index (χ1n) is 9.69. The molecule has 0 spiro atoms. The fourth-order valence-electron chi connectivity index (χ4n) is 3.75. The molecule has 10 heteroatoms. The van der Waals surface area contributed by atoms with E-state index >= 15 is 0 Å². The normalized spacial score (nSPS) is 16.5. The molecule has 0 bridgehead atoms. The summed E-state index contributed by atoms with van der Waals surface area (Å²) in [6.07, 6.45) is -3.91. The Morgan fingerprint density at radius 3 is 2.48 bits per heavy atom. The first-order chi connectivity index (χ1) is 14.6. The molecule has 1 saturated heterocycles. The second-order valence-electron chi connectivity index (χ2n) is 7.71. The van der Waals surface area contributed by atoms with Crippen molar-refractivity contribution in [1.82, 2.24) is 4.98 Å². The Bertz CT molecular complexity index is 1140. The molecule has 7 nitrogen and oxygen atoms in total. The summed E-state index contributed by atoms with van der Waals surface area (Å²) < 4.78 is 43.1. The molecule has 0 unspecified atom stereocenters. The quantitative estimate of drug-likeness (QED) is 0.583. The fraction of sp³-hybridized carbons (Fsp3) is 0.333. The number of aromatic nitrogens is 1. The average Bonchev–Trinajstić information content (AvgIpc) is 3.07. The van der Waals surface area contributed by atoms with Crippen LogP contribution in [0, 0.1) is 0 Å². The number of aliphatic hydroxyl groups is 1. The number of benzene rings is 2. The maximum absolute atomic E-state index is 12.7. The van der Waals surface area contributed by atoms with Crippen molar-refractivity contribution >= 4 is 28.4 Å². The SMILES string of the molecule is O=C(CC1(O)CCN(c2ccc(C(F)(F)F)cc2)CC1)Nc1ccc2[nH]c(=O)oc2c1. The number of halogens is 3. The van der Waals surface area contributed by atoms with Crippen LogP contribution in [0.15, 0.2) is 51.7 Å². The van der Waals surface area contributed by atoms with Gasteiger partial charge in [-0.1, -0.05) is 0 Å². The Morgan fingerprint density at radius 1 is 1.16 bits per heavy atom. The summed E-state index contributed by atoms with van der Waals surface area (Å²) in [5.41, 5.74) is -0.0222. The average molecular weight is 435 g/mol. The largest absolute Gasteiger partial charge is 0.417 e. The minimum absolute atomic E-state index is 0.122. The number of anilines is 2. The number of hydrogen-bond donors (Lipinski definition) is 3. The lowest BCUT2D eigenvalue weighted by Crippen LogP contribution is -2.46. The molecular weight excluding hydrogens is 415 g/mol. The Kier molecular flexibility index (Phi) is 5.26. The van der Waals surface area contributed by atoms with E-state index in [1.165, 1.54) is 18.2 Å². The van der Waals surface area contributed by atoms with Crippen LogP contribution in [-0.2, 0) is 11.0 Å². The van der Waals surface area contributed by atoms with Crippen molar-refractivity contribution in [3.05, 3.63) is 58.6 Å². The summed E-state index contributed by atoms with van der Waals surface area (Å²) in [6.45, 7) is 0.825. The van der Waals surface area contributed by atoms with Gasteiger partial charge in [-0.05, 0) is 49.2 Å². The van der Waals surface area contributed by atoms with Crippen LogP contribution in [-0.4, -0.2) is 34.7 Å². The van der Waals surface area contributed by atoms with E-state index in [0.29, 0.717) is 48.4 Å². The van der Waals surface area contributed by atoms with Crippen molar-refractivity contribution in [3.63, 3.8) is 0 Å². The van der Waals surface area contributed by atoms with E-state index < -0.39 is 23.1 Å². The van der Waals surface area contributed by atoms with Crippen molar-refractivity contribution in [2.75, 3.05) is 23.3 Å². The highest BCUT2D eigenvalue weighted by Crippen LogP contribution is 2.33. The number of fused-ring (bicyclic) bond motifs is 1. The molecule has 0 saturated carbocycles. The Labute approximate surface area is 174 Å². The summed E-state index contributed by atoms with van der Waals surface area (Å²) in [6, 6.07) is 9.63. The third-order valence-corrected chi connectivity index (χ3v) is 5.45. The van der Waals surface area contributed by atoms with Gasteiger partial charge in [0.25, 0.3) is 0 Å². The van der Waals surface area contributed by atoms with Crippen LogP contribution in [0.25, 0.3) is 11.1 Å². The van der Waals surface area contributed by atoms with Crippen LogP contribution in [0.1, 0.15) is 24.8 Å². The molecule has 4 rings (SSSR count). The van der Waals surface area contributed by atoms with Gasteiger partial charge >= 0.3 is 11.9 Å². The number of carbonyl (C=O) groups excluding carboxylic acids is 1. The highest BCUT2D eigenvalue weighted by Gasteiger charge is 2.35. The van der Waals surface area contributed by atoms with E-state index in [4.69, 9.17) is 4.42 Å². The van der Waals surface area contributed by atoms with Gasteiger partial charge in [0.05, 0.1) is 23.1 Å². The number of nitrogens with zero attached hydrogens (tertiary/aromatic N) is 1. The number of nitrogens with one attached hydrogen (secondary N) is 2. The van der Waals surface area contributed by atoms with Crippen LogP contribution >= 0.6 is 0 Å². The first-order valence-corrected chi connectivity index (χ1v) is 9.69. The van der Waals surface area contributed by atoms with Gasteiger partial charge in [0.2, 0.25) is 5.91 Å². The molecule has 2 heterocycles. The van der Waals surface area contributed by atoms with Crippen molar-refractivity contribution in [1.29, 1.82) is 0 Å². The van der Waals surface area contributed by atoms with Crippen LogP contribution in [0.4, 0.5) is 24.5 Å². The fourth-order valence-corrected chi connectivity index (χ4v) is 3.75. The van der Waals surface area contributed by atoms with E-state index in [9.17, 15) is 27.9 Å². The number of rotatable bonds is 4. The minimum atomic E-state index is -4.38. The standard InChI is InChI=1S/C21H20F3N3O4/c22-21(23,24)13-1-4-15(5-2-13)27-9-7-20(30,8-10-27)12-18(28)25-14-3-6-16-17(11-14)31-19(29)26-16/h1-6,11,30H,7-10,12H2,(H,25,28)(H,26,29). The van der Waals surface area contributed by atoms with Gasteiger partial charge in [-0.25, -0.2) is 4.79 Å². The first kappa shape index (κ1) is 21.0. The van der Waals surface area contributed by atoms with Gasteiger partial charge in [-0.15, -0.1) is 0 Å². The maximum atomic E-state index is 12.7. The van der Waals surface area contributed by atoms with Crippen LogP contribution in [0.3, 0.4) is 0 Å². The third-order valence-electron chi connectivity index (χ3n) is 5.45. The Hall–Kier alpha value is -3.27. The zero-order valence-electron chi connectivity index (χ0n) is 16.3. The molecule has 3 N–H and O–H groups in total. The van der Waals surface area contributed by atoms with Gasteiger partial charge in [0, 0.05) is 30.5 Å². The van der Waals surface area contributed by atoms with Crippen LogP contribution < -0.4 is 16.0 Å². The number of alkyl halides is 3. The van der Waals surface area contributed by atoms with Crippen LogP contribution in [0.5, 0.6) is 0 Å². The summed E-state index contributed by atoms with van der Waals surface area (Å²) in [7, 11) is 0. The van der Waals surface area contributed by atoms with E-state index in [-0.39, 0.29) is 12.3 Å². The zero-order valence-corrected chi connectivity index (χ0v) is 16.3. The number of piperidine rings is 1. The Balaban J connectivity index is 1.34. The van der Waals surface area contributed by atoms with E-state index in [0.717, 1.165) is 12.1 Å². The lowest BCUT2D eigenvalue weighted by Gasteiger charge is -2.39. The molecule has 0 aliphatic carbocycles. The van der Waals surface area contributed by atoms with E-state index in [2.05, 4.69) is 10.3 Å². The molecule has 2 aromatic carbocycles. The molecule has 1 aliphatic rings. The molecule has 1 aliphatic heterocycles. The van der Waals surface area contributed by atoms with Gasteiger partial charge in [-0.2, -0.15) is 13.2 Å². The minimum Gasteiger partial charge on any atom is -0.408 e. The lowest BCUT2D eigenvalue weighted by molar-refractivity contribution is -0.137. The second-order valence-corrected chi connectivity index (χ2v) is 7.71. The highest BCUT2D eigenvalue weighted by atomic mass is 19.4. The zero-order chi connectivity index (χ0) is 22.2. The number of amides is 1. The molecule has 164 valence electrons. The molecule has 1 amide bonds. The molecule has 1 fully saturated rings. The third kappa shape index (κ3) is 4.74. The van der Waals surface area contributed by atoms with Crippen molar-refractivity contribution in [2.45, 2.75) is 31.0 Å². The van der Waals surface area contributed by atoms with Crippen molar-refractivity contribution < 1.29 is 27.5 Å². The van der Waals surface area contributed by atoms with E-state index in [1.54, 1.807) is 12.1 Å². The molecule has 0 radical (unpaired) electrons. The smallest absolute Gasteiger partial charge is 0.408 e. The monoisotopic (exact) mass is 435 g/mol. The summed E-state index contributed by atoms with van der Waals surface area (Å²) >= 11 is 0.